The van der Waals surface area contributed by atoms with E-state index in [1.807, 2.05) is 13.8 Å². The lowest BCUT2D eigenvalue weighted by atomic mass is 9.85. The van der Waals surface area contributed by atoms with Gasteiger partial charge in [0.05, 0.1) is 0 Å². The van der Waals surface area contributed by atoms with Crippen molar-refractivity contribution in [2.45, 2.75) is 59.3 Å². The predicted molar refractivity (Wildman–Crippen MR) is 66.5 cm³/mol. The minimum Gasteiger partial charge on any atom is -0.228 e. The second-order valence-corrected chi connectivity index (χ2v) is 5.30. The van der Waals surface area contributed by atoms with Crippen LogP contribution >= 0.6 is 0 Å². The SMILES string of the molecule is CC(C)c1cnc(F)c(C(C)C)c1C(C)C. The van der Waals surface area contributed by atoms with Crippen molar-refractivity contribution in [3.05, 3.63) is 28.8 Å². The summed E-state index contributed by atoms with van der Waals surface area (Å²) in [5, 5.41) is 0. The van der Waals surface area contributed by atoms with Gasteiger partial charge in [0.1, 0.15) is 0 Å². The highest BCUT2D eigenvalue weighted by molar-refractivity contribution is 5.38. The van der Waals surface area contributed by atoms with E-state index >= 15 is 0 Å². The molecular weight excluding hydrogens is 201 g/mol. The zero-order chi connectivity index (χ0) is 12.5. The zero-order valence-electron chi connectivity index (χ0n) is 11.1. The molecule has 0 aliphatic heterocycles. The molecule has 0 bridgehead atoms. The van der Waals surface area contributed by atoms with Crippen LogP contribution in [0.3, 0.4) is 0 Å². The van der Waals surface area contributed by atoms with E-state index in [1.54, 1.807) is 6.20 Å². The normalized spacial score (nSPS) is 11.9. The first-order valence-electron chi connectivity index (χ1n) is 6.04. The number of hydrogen-bond acceptors (Lipinski definition) is 1. The molecule has 1 aromatic rings. The van der Waals surface area contributed by atoms with Gasteiger partial charge in [-0.2, -0.15) is 4.39 Å². The Morgan fingerprint density at radius 1 is 0.875 bits per heavy atom. The molecule has 0 aliphatic rings. The quantitative estimate of drug-likeness (QED) is 0.683. The van der Waals surface area contributed by atoms with Gasteiger partial charge in [-0.1, -0.05) is 41.5 Å². The summed E-state index contributed by atoms with van der Waals surface area (Å²) in [7, 11) is 0. The van der Waals surface area contributed by atoms with Gasteiger partial charge in [0.25, 0.3) is 0 Å². The minimum atomic E-state index is -0.303. The molecule has 0 unspecified atom stereocenters. The molecule has 1 heterocycles. The molecule has 1 rings (SSSR count). The van der Waals surface area contributed by atoms with Crippen LogP contribution in [0.1, 0.15) is 76.0 Å². The number of rotatable bonds is 3. The molecule has 90 valence electrons. The van der Waals surface area contributed by atoms with Crippen molar-refractivity contribution in [2.75, 3.05) is 0 Å². The molecule has 0 saturated heterocycles. The summed E-state index contributed by atoms with van der Waals surface area (Å²) >= 11 is 0. The van der Waals surface area contributed by atoms with E-state index in [0.29, 0.717) is 11.8 Å². The molecule has 0 fully saturated rings. The lowest BCUT2D eigenvalue weighted by Crippen LogP contribution is -2.09. The maximum atomic E-state index is 13.8. The van der Waals surface area contributed by atoms with Gasteiger partial charge in [0, 0.05) is 11.8 Å². The summed E-state index contributed by atoms with van der Waals surface area (Å²) in [6.07, 6.45) is 1.70. The predicted octanol–water partition coefficient (Wildman–Crippen LogP) is 4.59. The number of nitrogens with zero attached hydrogens (tertiary/aromatic N) is 1. The largest absolute Gasteiger partial charge is 0.228 e. The molecule has 0 N–H and O–H groups in total. The summed E-state index contributed by atoms with van der Waals surface area (Å²) in [5.41, 5.74) is 3.12. The van der Waals surface area contributed by atoms with Crippen LogP contribution < -0.4 is 0 Å². The van der Waals surface area contributed by atoms with Crippen molar-refractivity contribution in [3.63, 3.8) is 0 Å². The lowest BCUT2D eigenvalue weighted by molar-refractivity contribution is 0.544. The number of hydrogen-bond donors (Lipinski definition) is 0. The molecule has 0 aliphatic carbocycles. The van der Waals surface area contributed by atoms with Crippen molar-refractivity contribution in [1.82, 2.24) is 4.98 Å². The average Bonchev–Trinajstić information content (AvgIpc) is 2.15. The smallest absolute Gasteiger partial charge is 0.216 e. The van der Waals surface area contributed by atoms with Crippen LogP contribution in [0.4, 0.5) is 4.39 Å². The molecule has 0 saturated carbocycles. The van der Waals surface area contributed by atoms with Crippen LogP contribution in [0.2, 0.25) is 0 Å². The van der Waals surface area contributed by atoms with Crippen LogP contribution in [0, 0.1) is 5.95 Å². The van der Waals surface area contributed by atoms with E-state index in [9.17, 15) is 4.39 Å². The Kier molecular flexibility index (Phi) is 4.06. The van der Waals surface area contributed by atoms with Gasteiger partial charge in [0.2, 0.25) is 5.95 Å². The van der Waals surface area contributed by atoms with Gasteiger partial charge in [-0.15, -0.1) is 0 Å². The first kappa shape index (κ1) is 13.1. The third-order valence-electron chi connectivity index (χ3n) is 2.92. The highest BCUT2D eigenvalue weighted by atomic mass is 19.1. The van der Waals surface area contributed by atoms with E-state index in [-0.39, 0.29) is 11.9 Å². The summed E-state index contributed by atoms with van der Waals surface area (Å²) in [6.45, 7) is 12.5. The van der Waals surface area contributed by atoms with Crippen molar-refractivity contribution >= 4 is 0 Å². The number of pyridine rings is 1. The van der Waals surface area contributed by atoms with Crippen molar-refractivity contribution in [2.24, 2.45) is 0 Å². The molecule has 0 spiro atoms. The molecular formula is C14H22FN. The van der Waals surface area contributed by atoms with Crippen LogP contribution in [0.25, 0.3) is 0 Å². The van der Waals surface area contributed by atoms with Crippen LogP contribution in [-0.4, -0.2) is 4.98 Å². The van der Waals surface area contributed by atoms with E-state index in [1.165, 1.54) is 5.56 Å². The van der Waals surface area contributed by atoms with Crippen molar-refractivity contribution in [1.29, 1.82) is 0 Å². The maximum absolute atomic E-state index is 13.8. The van der Waals surface area contributed by atoms with E-state index in [4.69, 9.17) is 0 Å². The second kappa shape index (κ2) is 4.94. The molecule has 1 nitrogen and oxygen atoms in total. The molecule has 2 heteroatoms. The fourth-order valence-corrected chi connectivity index (χ4v) is 2.19. The lowest BCUT2D eigenvalue weighted by Gasteiger charge is -2.22. The van der Waals surface area contributed by atoms with Crippen molar-refractivity contribution < 1.29 is 4.39 Å². The second-order valence-electron chi connectivity index (χ2n) is 5.30. The van der Waals surface area contributed by atoms with E-state index in [2.05, 4.69) is 32.7 Å². The maximum Gasteiger partial charge on any atom is 0.216 e. The molecule has 0 aromatic carbocycles. The minimum absolute atomic E-state index is 0.184. The summed E-state index contributed by atoms with van der Waals surface area (Å²) in [4.78, 5) is 3.90. The topological polar surface area (TPSA) is 12.9 Å². The summed E-state index contributed by atoms with van der Waals surface area (Å²) in [6, 6.07) is 0. The first-order chi connectivity index (χ1) is 7.36. The van der Waals surface area contributed by atoms with Gasteiger partial charge in [-0.25, -0.2) is 4.98 Å². The highest BCUT2D eigenvalue weighted by Crippen LogP contribution is 2.33. The third-order valence-corrected chi connectivity index (χ3v) is 2.92. The Bertz CT molecular complexity index is 367. The number of aromatic nitrogens is 1. The Hall–Kier alpha value is -0.920. The molecule has 0 atom stereocenters. The standard InChI is InChI=1S/C14H22FN/c1-8(2)11-7-16-14(15)13(10(5)6)12(11)9(3)4/h7-10H,1-6H3. The van der Waals surface area contributed by atoms with Crippen molar-refractivity contribution in [3.8, 4) is 0 Å². The fraction of sp³-hybridized carbons (Fsp3) is 0.643. The Morgan fingerprint density at radius 2 is 1.38 bits per heavy atom. The van der Waals surface area contributed by atoms with Gasteiger partial charge in [-0.05, 0) is 28.9 Å². The van der Waals surface area contributed by atoms with Crippen LogP contribution in [-0.2, 0) is 0 Å². The Labute approximate surface area is 98.1 Å². The average molecular weight is 223 g/mol. The number of halogens is 1. The Morgan fingerprint density at radius 3 is 1.75 bits per heavy atom. The molecule has 0 radical (unpaired) electrons. The van der Waals surface area contributed by atoms with E-state index in [0.717, 1.165) is 11.1 Å². The van der Waals surface area contributed by atoms with Crippen LogP contribution in [0.5, 0.6) is 0 Å². The first-order valence-corrected chi connectivity index (χ1v) is 6.04. The Balaban J connectivity index is 3.50. The van der Waals surface area contributed by atoms with Gasteiger partial charge < -0.3 is 0 Å². The summed E-state index contributed by atoms with van der Waals surface area (Å²) in [5.74, 6) is 0.613. The zero-order valence-corrected chi connectivity index (χ0v) is 11.1. The third kappa shape index (κ3) is 2.42. The van der Waals surface area contributed by atoms with Gasteiger partial charge in [0.15, 0.2) is 0 Å². The molecule has 16 heavy (non-hydrogen) atoms. The molecule has 1 aromatic heterocycles. The van der Waals surface area contributed by atoms with Crippen LogP contribution in [0.15, 0.2) is 6.20 Å². The van der Waals surface area contributed by atoms with Gasteiger partial charge in [-0.3, -0.25) is 0 Å². The molecule has 0 amide bonds. The van der Waals surface area contributed by atoms with Gasteiger partial charge >= 0.3 is 0 Å². The van der Waals surface area contributed by atoms with E-state index < -0.39 is 0 Å². The monoisotopic (exact) mass is 223 g/mol. The highest BCUT2D eigenvalue weighted by Gasteiger charge is 2.20. The fourth-order valence-electron chi connectivity index (χ4n) is 2.19. The summed E-state index contributed by atoms with van der Waals surface area (Å²) < 4.78 is 13.8.